The van der Waals surface area contributed by atoms with Gasteiger partial charge >= 0.3 is 5.97 Å². The van der Waals surface area contributed by atoms with E-state index in [0.29, 0.717) is 15.7 Å². The molecule has 0 bridgehead atoms. The van der Waals surface area contributed by atoms with E-state index >= 15 is 0 Å². The fraction of sp³-hybridized carbons (Fsp3) is 0.263. The average Bonchev–Trinajstić information content (AvgIpc) is 2.72. The van der Waals surface area contributed by atoms with Crippen molar-refractivity contribution in [2.24, 2.45) is 0 Å². The van der Waals surface area contributed by atoms with Gasteiger partial charge in [0.15, 0.2) is 6.61 Å². The molecule has 0 saturated carbocycles. The van der Waals surface area contributed by atoms with Crippen molar-refractivity contribution >= 4 is 50.8 Å². The molecule has 0 aromatic heterocycles. The molecule has 1 saturated heterocycles. The molecule has 1 heterocycles. The van der Waals surface area contributed by atoms with Crippen LogP contribution in [-0.4, -0.2) is 57.5 Å². The van der Waals surface area contributed by atoms with Gasteiger partial charge in [0.1, 0.15) is 10.7 Å². The van der Waals surface area contributed by atoms with E-state index in [-0.39, 0.29) is 31.9 Å². The number of morpholine rings is 1. The standard InChI is InChI=1S/C19H17Cl2FN2O6S/c20-13-8-14(21)10-15(9-13)23-18(25)11-30-19(26)12-1-2-16(22)17(7-12)31(27,28)24-3-5-29-6-4-24/h1-2,7-10H,3-6,11H2,(H,23,25). The zero-order valence-corrected chi connectivity index (χ0v) is 18.3. The molecule has 12 heteroatoms. The Morgan fingerprint density at radius 3 is 2.39 bits per heavy atom. The average molecular weight is 491 g/mol. The summed E-state index contributed by atoms with van der Waals surface area (Å²) in [6, 6.07) is 7.21. The number of rotatable bonds is 6. The molecule has 0 atom stereocenters. The van der Waals surface area contributed by atoms with Crippen LogP contribution in [0.15, 0.2) is 41.3 Å². The van der Waals surface area contributed by atoms with Gasteiger partial charge in [0, 0.05) is 28.8 Å². The van der Waals surface area contributed by atoms with Crippen molar-refractivity contribution in [1.82, 2.24) is 4.31 Å². The molecule has 3 rings (SSSR count). The van der Waals surface area contributed by atoms with Crippen LogP contribution < -0.4 is 5.32 Å². The number of hydrogen-bond donors (Lipinski definition) is 1. The van der Waals surface area contributed by atoms with Crippen molar-refractivity contribution in [2.45, 2.75) is 4.90 Å². The molecular formula is C19H17Cl2FN2O6S. The fourth-order valence-corrected chi connectivity index (χ4v) is 4.82. The molecule has 0 radical (unpaired) electrons. The smallest absolute Gasteiger partial charge is 0.338 e. The van der Waals surface area contributed by atoms with E-state index in [0.717, 1.165) is 22.5 Å². The summed E-state index contributed by atoms with van der Waals surface area (Å²) in [6.07, 6.45) is 0. The molecule has 31 heavy (non-hydrogen) atoms. The van der Waals surface area contributed by atoms with E-state index in [1.807, 2.05) is 0 Å². The third-order valence-electron chi connectivity index (χ3n) is 4.24. The summed E-state index contributed by atoms with van der Waals surface area (Å²) in [7, 11) is -4.16. The van der Waals surface area contributed by atoms with Crippen LogP contribution in [0.1, 0.15) is 10.4 Å². The summed E-state index contributed by atoms with van der Waals surface area (Å²) in [4.78, 5) is 23.6. The largest absolute Gasteiger partial charge is 0.452 e. The Hall–Kier alpha value is -2.24. The predicted molar refractivity (Wildman–Crippen MR) is 111 cm³/mol. The van der Waals surface area contributed by atoms with Crippen LogP contribution in [0.3, 0.4) is 0 Å². The molecule has 0 unspecified atom stereocenters. The Balaban J connectivity index is 1.68. The summed E-state index contributed by atoms with van der Waals surface area (Å²) in [5.74, 6) is -2.66. The molecule has 1 aliphatic rings. The lowest BCUT2D eigenvalue weighted by molar-refractivity contribution is -0.119. The molecule has 2 aromatic carbocycles. The zero-order valence-electron chi connectivity index (χ0n) is 15.9. The number of carbonyl (C=O) groups is 2. The normalized spacial score (nSPS) is 14.8. The highest BCUT2D eigenvalue weighted by atomic mass is 35.5. The Morgan fingerprint density at radius 2 is 1.74 bits per heavy atom. The molecule has 166 valence electrons. The summed E-state index contributed by atoms with van der Waals surface area (Å²) >= 11 is 11.7. The summed E-state index contributed by atoms with van der Waals surface area (Å²) in [5, 5.41) is 3.07. The first-order valence-electron chi connectivity index (χ1n) is 8.97. The van der Waals surface area contributed by atoms with Crippen LogP contribution in [0.5, 0.6) is 0 Å². The highest BCUT2D eigenvalue weighted by Crippen LogP contribution is 2.23. The highest BCUT2D eigenvalue weighted by molar-refractivity contribution is 7.89. The molecule has 1 N–H and O–H groups in total. The first-order chi connectivity index (χ1) is 14.7. The molecule has 1 aliphatic heterocycles. The zero-order chi connectivity index (χ0) is 22.6. The van der Waals surface area contributed by atoms with Gasteiger partial charge in [-0.2, -0.15) is 4.31 Å². The maximum absolute atomic E-state index is 14.2. The van der Waals surface area contributed by atoms with Gasteiger partial charge in [-0.05, 0) is 36.4 Å². The summed E-state index contributed by atoms with van der Waals surface area (Å²) in [5.41, 5.74) is 0.0889. The van der Waals surface area contributed by atoms with Crippen molar-refractivity contribution < 1.29 is 31.9 Å². The van der Waals surface area contributed by atoms with Gasteiger partial charge in [-0.3, -0.25) is 4.79 Å². The van der Waals surface area contributed by atoms with Gasteiger partial charge in [0.05, 0.1) is 18.8 Å². The van der Waals surface area contributed by atoms with Crippen LogP contribution >= 0.6 is 23.2 Å². The topological polar surface area (TPSA) is 102 Å². The number of hydrogen-bond acceptors (Lipinski definition) is 6. The molecule has 0 aliphatic carbocycles. The molecule has 2 aromatic rings. The quantitative estimate of drug-likeness (QED) is 0.624. The molecule has 8 nitrogen and oxygen atoms in total. The second-order valence-electron chi connectivity index (χ2n) is 6.44. The van der Waals surface area contributed by atoms with Gasteiger partial charge in [-0.15, -0.1) is 0 Å². The second-order valence-corrected chi connectivity index (χ2v) is 9.22. The molecule has 0 spiro atoms. The van der Waals surface area contributed by atoms with Crippen LogP contribution in [0, 0.1) is 5.82 Å². The molecular weight excluding hydrogens is 474 g/mol. The number of benzene rings is 2. The van der Waals surface area contributed by atoms with Gasteiger partial charge < -0.3 is 14.8 Å². The van der Waals surface area contributed by atoms with E-state index in [4.69, 9.17) is 32.7 Å². The summed E-state index contributed by atoms with van der Waals surface area (Å²) in [6.45, 7) is -0.134. The van der Waals surface area contributed by atoms with Crippen molar-refractivity contribution in [3.8, 4) is 0 Å². The van der Waals surface area contributed by atoms with E-state index in [9.17, 15) is 22.4 Å². The Labute approximate surface area is 187 Å². The highest BCUT2D eigenvalue weighted by Gasteiger charge is 2.30. The Morgan fingerprint density at radius 1 is 1.10 bits per heavy atom. The van der Waals surface area contributed by atoms with Gasteiger partial charge in [0.25, 0.3) is 5.91 Å². The monoisotopic (exact) mass is 490 g/mol. The Bertz CT molecular complexity index is 1090. The SMILES string of the molecule is O=C(COC(=O)c1ccc(F)c(S(=O)(=O)N2CCOCC2)c1)Nc1cc(Cl)cc(Cl)c1. The number of carbonyl (C=O) groups excluding carboxylic acids is 2. The number of anilines is 1. The van der Waals surface area contributed by atoms with Crippen molar-refractivity contribution in [1.29, 1.82) is 0 Å². The minimum Gasteiger partial charge on any atom is -0.452 e. The number of ether oxygens (including phenoxy) is 2. The van der Waals surface area contributed by atoms with Gasteiger partial charge in [-0.25, -0.2) is 17.6 Å². The predicted octanol–water partition coefficient (Wildman–Crippen LogP) is 2.95. The number of amides is 1. The third-order valence-corrected chi connectivity index (χ3v) is 6.59. The molecule has 1 amide bonds. The van der Waals surface area contributed by atoms with Crippen molar-refractivity contribution in [3.05, 3.63) is 57.8 Å². The van der Waals surface area contributed by atoms with Crippen LogP contribution in [0.25, 0.3) is 0 Å². The lowest BCUT2D eigenvalue weighted by Crippen LogP contribution is -2.41. The minimum absolute atomic E-state index is 0.0735. The lowest BCUT2D eigenvalue weighted by Gasteiger charge is -2.26. The third kappa shape index (κ3) is 5.92. The van der Waals surface area contributed by atoms with E-state index in [1.54, 1.807) is 0 Å². The maximum Gasteiger partial charge on any atom is 0.338 e. The Kier molecular flexibility index (Phi) is 7.50. The first-order valence-corrected chi connectivity index (χ1v) is 11.2. The molecule has 1 fully saturated rings. The lowest BCUT2D eigenvalue weighted by atomic mass is 10.2. The fourth-order valence-electron chi connectivity index (χ4n) is 2.79. The van der Waals surface area contributed by atoms with E-state index in [2.05, 4.69) is 5.32 Å². The second kappa shape index (κ2) is 9.92. The van der Waals surface area contributed by atoms with Gasteiger partial charge in [-0.1, -0.05) is 23.2 Å². The van der Waals surface area contributed by atoms with Crippen LogP contribution in [0.2, 0.25) is 10.0 Å². The van der Waals surface area contributed by atoms with E-state index in [1.165, 1.54) is 18.2 Å². The first kappa shape index (κ1) is 23.4. The van der Waals surface area contributed by atoms with Crippen molar-refractivity contribution in [3.63, 3.8) is 0 Å². The summed E-state index contributed by atoms with van der Waals surface area (Å²) < 4.78 is 50.7. The van der Waals surface area contributed by atoms with Gasteiger partial charge in [0.2, 0.25) is 10.0 Å². The van der Waals surface area contributed by atoms with E-state index < -0.39 is 39.2 Å². The van der Waals surface area contributed by atoms with Crippen molar-refractivity contribution in [2.75, 3.05) is 38.2 Å². The number of sulfonamides is 1. The van der Waals surface area contributed by atoms with Crippen LogP contribution in [-0.2, 0) is 24.3 Å². The minimum atomic E-state index is -4.16. The number of esters is 1. The number of nitrogens with one attached hydrogen (secondary N) is 1. The van der Waals surface area contributed by atoms with Crippen LogP contribution in [0.4, 0.5) is 10.1 Å². The number of nitrogens with zero attached hydrogens (tertiary/aromatic N) is 1. The number of halogens is 3. The maximum atomic E-state index is 14.2.